The third-order valence-electron chi connectivity index (χ3n) is 4.23. The van der Waals surface area contributed by atoms with E-state index >= 15 is 0 Å². The zero-order chi connectivity index (χ0) is 18.8. The average molecular weight is 376 g/mol. The van der Waals surface area contributed by atoms with Gasteiger partial charge in [0.2, 0.25) is 5.91 Å². The number of aryl methyl sites for hydroxylation is 2. The van der Waals surface area contributed by atoms with Crippen LogP contribution in [0.2, 0.25) is 5.02 Å². The Balaban J connectivity index is 1.72. The van der Waals surface area contributed by atoms with Gasteiger partial charge in [-0.3, -0.25) is 18.7 Å². The van der Waals surface area contributed by atoms with Gasteiger partial charge in [-0.05, 0) is 11.6 Å². The van der Waals surface area contributed by atoms with Crippen LogP contribution in [0, 0.1) is 0 Å². The molecule has 0 bridgehead atoms. The molecule has 1 N–H and O–H groups in total. The molecule has 2 aromatic heterocycles. The summed E-state index contributed by atoms with van der Waals surface area (Å²) in [5.74, 6) is -0.173. The Kier molecular flexibility index (Phi) is 4.94. The predicted octanol–water partition coefficient (Wildman–Crippen LogP) is 0.794. The van der Waals surface area contributed by atoms with Crippen LogP contribution in [-0.2, 0) is 32.0 Å². The predicted molar refractivity (Wildman–Crippen MR) is 98.1 cm³/mol. The van der Waals surface area contributed by atoms with Gasteiger partial charge in [0.15, 0.2) is 11.2 Å². The first-order valence-electron chi connectivity index (χ1n) is 8.01. The van der Waals surface area contributed by atoms with Crippen LogP contribution in [0.3, 0.4) is 0 Å². The first-order valence-corrected chi connectivity index (χ1v) is 8.39. The second-order valence-corrected chi connectivity index (χ2v) is 6.34. The molecular weight excluding hydrogens is 358 g/mol. The minimum atomic E-state index is -0.440. The normalized spacial score (nSPS) is 11.0. The van der Waals surface area contributed by atoms with Crippen molar-refractivity contribution >= 4 is 28.7 Å². The summed E-state index contributed by atoms with van der Waals surface area (Å²) in [6.45, 7) is 0.609. The van der Waals surface area contributed by atoms with Gasteiger partial charge in [0, 0.05) is 38.6 Å². The van der Waals surface area contributed by atoms with Gasteiger partial charge in [0.05, 0.1) is 6.33 Å². The van der Waals surface area contributed by atoms with E-state index in [4.69, 9.17) is 11.6 Å². The fraction of sp³-hybridized carbons (Fsp3) is 0.294. The van der Waals surface area contributed by atoms with E-state index < -0.39 is 11.2 Å². The van der Waals surface area contributed by atoms with Crippen LogP contribution in [0.5, 0.6) is 0 Å². The summed E-state index contributed by atoms with van der Waals surface area (Å²) in [6.07, 6.45) is 1.63. The standard InChI is InChI=1S/C17H18ClN5O3/c1-21-15-14(16(25)22(2)17(21)26)23(10-20-15)8-7-13(24)19-9-11-5-3-4-6-12(11)18/h3-6,10H,7-9H2,1-2H3,(H,19,24). The number of carbonyl (C=O) groups is 1. The van der Waals surface area contributed by atoms with Crippen molar-refractivity contribution in [1.29, 1.82) is 0 Å². The molecule has 26 heavy (non-hydrogen) atoms. The minimum Gasteiger partial charge on any atom is -0.352 e. The van der Waals surface area contributed by atoms with Gasteiger partial charge in [-0.1, -0.05) is 29.8 Å². The molecule has 8 nitrogen and oxygen atoms in total. The van der Waals surface area contributed by atoms with E-state index in [9.17, 15) is 14.4 Å². The van der Waals surface area contributed by atoms with Crippen molar-refractivity contribution < 1.29 is 4.79 Å². The Morgan fingerprint density at radius 2 is 1.92 bits per heavy atom. The summed E-state index contributed by atoms with van der Waals surface area (Å²) < 4.78 is 3.93. The molecule has 0 spiro atoms. The summed E-state index contributed by atoms with van der Waals surface area (Å²) in [6, 6.07) is 7.29. The van der Waals surface area contributed by atoms with Crippen molar-refractivity contribution in [2.24, 2.45) is 14.1 Å². The number of imidazole rings is 1. The molecule has 9 heteroatoms. The SMILES string of the molecule is Cn1c(=O)c2c(ncn2CCC(=O)NCc2ccccc2Cl)n(C)c1=O. The van der Waals surface area contributed by atoms with Crippen molar-refractivity contribution in [3.8, 4) is 0 Å². The van der Waals surface area contributed by atoms with Crippen molar-refractivity contribution in [3.05, 3.63) is 62.0 Å². The zero-order valence-electron chi connectivity index (χ0n) is 14.4. The first-order chi connectivity index (χ1) is 12.4. The van der Waals surface area contributed by atoms with E-state index in [1.165, 1.54) is 17.9 Å². The van der Waals surface area contributed by atoms with Crippen LogP contribution in [0.15, 0.2) is 40.2 Å². The molecular formula is C17H18ClN5O3. The van der Waals surface area contributed by atoms with Crippen LogP contribution in [0.1, 0.15) is 12.0 Å². The number of nitrogens with one attached hydrogen (secondary N) is 1. The maximum atomic E-state index is 12.3. The van der Waals surface area contributed by atoms with Crippen LogP contribution in [-0.4, -0.2) is 24.6 Å². The van der Waals surface area contributed by atoms with E-state index in [-0.39, 0.29) is 18.9 Å². The summed E-state index contributed by atoms with van der Waals surface area (Å²) in [4.78, 5) is 40.5. The Bertz CT molecular complexity index is 1100. The Morgan fingerprint density at radius 3 is 2.65 bits per heavy atom. The quantitative estimate of drug-likeness (QED) is 0.714. The van der Waals surface area contributed by atoms with Crippen molar-refractivity contribution in [3.63, 3.8) is 0 Å². The van der Waals surface area contributed by atoms with E-state index in [1.807, 2.05) is 18.2 Å². The van der Waals surface area contributed by atoms with Gasteiger partial charge in [-0.2, -0.15) is 0 Å². The number of rotatable bonds is 5. The molecule has 2 heterocycles. The summed E-state index contributed by atoms with van der Waals surface area (Å²) in [5, 5.41) is 3.40. The van der Waals surface area contributed by atoms with Crippen molar-refractivity contribution in [1.82, 2.24) is 24.0 Å². The van der Waals surface area contributed by atoms with Crippen LogP contribution in [0.25, 0.3) is 11.2 Å². The molecule has 136 valence electrons. The van der Waals surface area contributed by atoms with E-state index in [1.54, 1.807) is 17.7 Å². The molecule has 0 fully saturated rings. The number of hydrogen-bond donors (Lipinski definition) is 1. The molecule has 0 atom stereocenters. The highest BCUT2D eigenvalue weighted by atomic mass is 35.5. The lowest BCUT2D eigenvalue weighted by atomic mass is 10.2. The second kappa shape index (κ2) is 7.17. The molecule has 1 aromatic carbocycles. The Morgan fingerprint density at radius 1 is 1.19 bits per heavy atom. The molecule has 0 aliphatic carbocycles. The van der Waals surface area contributed by atoms with Gasteiger partial charge < -0.3 is 9.88 Å². The number of aromatic nitrogens is 4. The highest BCUT2D eigenvalue weighted by Gasteiger charge is 2.14. The minimum absolute atomic E-state index is 0.169. The van der Waals surface area contributed by atoms with Gasteiger partial charge >= 0.3 is 5.69 Å². The van der Waals surface area contributed by atoms with Crippen LogP contribution < -0.4 is 16.6 Å². The first kappa shape index (κ1) is 17.9. The fourth-order valence-corrected chi connectivity index (χ4v) is 2.92. The number of hydrogen-bond acceptors (Lipinski definition) is 4. The lowest BCUT2D eigenvalue weighted by Crippen LogP contribution is -2.37. The average Bonchev–Trinajstić information content (AvgIpc) is 3.06. The summed E-state index contributed by atoms with van der Waals surface area (Å²) in [5.41, 5.74) is 0.560. The third-order valence-corrected chi connectivity index (χ3v) is 4.60. The smallest absolute Gasteiger partial charge is 0.332 e. The number of amides is 1. The number of carbonyl (C=O) groups excluding carboxylic acids is 1. The lowest BCUT2D eigenvalue weighted by Gasteiger charge is -2.08. The number of fused-ring (bicyclic) bond motifs is 1. The van der Waals surface area contributed by atoms with E-state index in [2.05, 4.69) is 10.3 Å². The van der Waals surface area contributed by atoms with Gasteiger partial charge in [-0.15, -0.1) is 0 Å². The molecule has 3 rings (SSSR count). The number of halogens is 1. The molecule has 1 amide bonds. The van der Waals surface area contributed by atoms with Crippen LogP contribution >= 0.6 is 11.6 Å². The highest BCUT2D eigenvalue weighted by Crippen LogP contribution is 2.14. The van der Waals surface area contributed by atoms with Gasteiger partial charge in [0.1, 0.15) is 0 Å². The molecule has 0 saturated carbocycles. The monoisotopic (exact) mass is 375 g/mol. The topological polar surface area (TPSA) is 90.9 Å². The van der Waals surface area contributed by atoms with E-state index in [0.717, 1.165) is 10.1 Å². The lowest BCUT2D eigenvalue weighted by molar-refractivity contribution is -0.121. The van der Waals surface area contributed by atoms with Gasteiger partial charge in [0.25, 0.3) is 5.56 Å². The zero-order valence-corrected chi connectivity index (χ0v) is 15.2. The van der Waals surface area contributed by atoms with Crippen molar-refractivity contribution in [2.45, 2.75) is 19.5 Å². The molecule has 0 saturated heterocycles. The molecule has 3 aromatic rings. The molecule has 0 unspecified atom stereocenters. The van der Waals surface area contributed by atoms with Gasteiger partial charge in [-0.25, -0.2) is 9.78 Å². The summed E-state index contributed by atoms with van der Waals surface area (Å²) in [7, 11) is 2.97. The fourth-order valence-electron chi connectivity index (χ4n) is 2.71. The molecule has 0 aliphatic heterocycles. The highest BCUT2D eigenvalue weighted by molar-refractivity contribution is 6.31. The second-order valence-electron chi connectivity index (χ2n) is 5.93. The van der Waals surface area contributed by atoms with Crippen molar-refractivity contribution in [2.75, 3.05) is 0 Å². The third kappa shape index (κ3) is 3.28. The van der Waals surface area contributed by atoms with E-state index in [0.29, 0.717) is 22.7 Å². The Hall–Kier alpha value is -2.87. The summed E-state index contributed by atoms with van der Waals surface area (Å²) >= 11 is 6.06. The number of benzene rings is 1. The van der Waals surface area contributed by atoms with Crippen LogP contribution in [0.4, 0.5) is 0 Å². The maximum absolute atomic E-state index is 12.3. The number of nitrogens with zero attached hydrogens (tertiary/aromatic N) is 4. The largest absolute Gasteiger partial charge is 0.352 e. The molecule has 0 aliphatic rings. The molecule has 0 radical (unpaired) electrons. The Labute approximate surface area is 153 Å². The maximum Gasteiger partial charge on any atom is 0.332 e.